The molecule has 2 aromatic heterocycles. The van der Waals surface area contributed by atoms with Crippen molar-refractivity contribution in [3.05, 3.63) is 47.0 Å². The second kappa shape index (κ2) is 4.51. The monoisotopic (exact) mass is 307 g/mol. The van der Waals surface area contributed by atoms with Crippen molar-refractivity contribution in [3.63, 3.8) is 0 Å². The molecule has 2 heterocycles. The van der Waals surface area contributed by atoms with Gasteiger partial charge in [0.25, 0.3) is 5.56 Å². The van der Waals surface area contributed by atoms with Crippen molar-refractivity contribution in [3.8, 4) is 10.4 Å². The van der Waals surface area contributed by atoms with Crippen LogP contribution in [0.15, 0.2) is 46.3 Å². The molecule has 0 saturated carbocycles. The zero-order valence-electron chi connectivity index (χ0n) is 10.0. The number of aromatic amines is 1. The molecule has 3 N–H and O–H groups in total. The van der Waals surface area contributed by atoms with Crippen molar-refractivity contribution < 1.29 is 8.42 Å². The molecule has 0 aliphatic heterocycles. The molecule has 0 atom stereocenters. The average Bonchev–Trinajstić information content (AvgIpc) is 2.83. The summed E-state index contributed by atoms with van der Waals surface area (Å²) >= 11 is 1.30. The van der Waals surface area contributed by atoms with Gasteiger partial charge in [0.15, 0.2) is 0 Å². The maximum atomic E-state index is 11.6. The number of thiophene rings is 1. The van der Waals surface area contributed by atoms with Gasteiger partial charge in [-0.05, 0) is 23.8 Å². The topological polar surface area (TPSA) is 106 Å². The molecule has 0 spiro atoms. The van der Waals surface area contributed by atoms with Crippen molar-refractivity contribution in [2.45, 2.75) is 4.90 Å². The number of nitrogens with zero attached hydrogens (tertiary/aromatic N) is 1. The number of aromatic nitrogens is 2. The lowest BCUT2D eigenvalue weighted by Gasteiger charge is -2.00. The number of hydrogen-bond acceptors (Lipinski definition) is 5. The van der Waals surface area contributed by atoms with E-state index in [1.807, 2.05) is 0 Å². The largest absolute Gasteiger partial charge is 0.312 e. The molecule has 0 saturated heterocycles. The van der Waals surface area contributed by atoms with Crippen LogP contribution < -0.4 is 10.7 Å². The minimum absolute atomic E-state index is 0.0540. The Morgan fingerprint density at radius 1 is 1.20 bits per heavy atom. The first kappa shape index (κ1) is 13.0. The van der Waals surface area contributed by atoms with E-state index >= 15 is 0 Å². The van der Waals surface area contributed by atoms with Crippen LogP contribution in [0, 0.1) is 0 Å². The SMILES string of the molecule is NS(=O)(=O)c1ccc(-c2cc3nc[nH]c(=O)c3s2)cc1. The van der Waals surface area contributed by atoms with Crippen LogP contribution in [0.1, 0.15) is 0 Å². The van der Waals surface area contributed by atoms with Gasteiger partial charge in [-0.25, -0.2) is 18.5 Å². The van der Waals surface area contributed by atoms with Crippen LogP contribution in [0.25, 0.3) is 20.7 Å². The molecule has 3 aromatic rings. The van der Waals surface area contributed by atoms with E-state index in [1.54, 1.807) is 18.2 Å². The Balaban J connectivity index is 2.12. The minimum atomic E-state index is -3.70. The molecule has 102 valence electrons. The molecular formula is C12H9N3O3S2. The smallest absolute Gasteiger partial charge is 0.268 e. The van der Waals surface area contributed by atoms with Gasteiger partial charge in [0.05, 0.1) is 16.7 Å². The van der Waals surface area contributed by atoms with Crippen LogP contribution in [-0.4, -0.2) is 18.4 Å². The third-order valence-electron chi connectivity index (χ3n) is 2.79. The number of H-pyrrole nitrogens is 1. The molecule has 8 heteroatoms. The molecule has 6 nitrogen and oxygen atoms in total. The second-order valence-corrected chi connectivity index (χ2v) is 6.74. The van der Waals surface area contributed by atoms with E-state index in [0.29, 0.717) is 10.2 Å². The fraction of sp³-hybridized carbons (Fsp3) is 0. The third kappa shape index (κ3) is 2.24. The zero-order valence-corrected chi connectivity index (χ0v) is 11.7. The molecular weight excluding hydrogens is 298 g/mol. The van der Waals surface area contributed by atoms with Crippen LogP contribution >= 0.6 is 11.3 Å². The number of nitrogens with one attached hydrogen (secondary N) is 1. The summed E-state index contributed by atoms with van der Waals surface area (Å²) in [6, 6.07) is 7.97. The van der Waals surface area contributed by atoms with Gasteiger partial charge in [0.1, 0.15) is 4.70 Å². The van der Waals surface area contributed by atoms with Gasteiger partial charge in [-0.3, -0.25) is 4.79 Å². The number of benzene rings is 1. The summed E-state index contributed by atoms with van der Waals surface area (Å²) in [5.74, 6) is 0. The summed E-state index contributed by atoms with van der Waals surface area (Å²) in [6.07, 6.45) is 1.35. The average molecular weight is 307 g/mol. The van der Waals surface area contributed by atoms with Gasteiger partial charge in [0, 0.05) is 4.88 Å². The normalized spacial score (nSPS) is 11.8. The minimum Gasteiger partial charge on any atom is -0.312 e. The highest BCUT2D eigenvalue weighted by molar-refractivity contribution is 7.89. The van der Waals surface area contributed by atoms with E-state index < -0.39 is 10.0 Å². The quantitative estimate of drug-likeness (QED) is 0.744. The fourth-order valence-corrected chi connectivity index (χ4v) is 3.34. The Hall–Kier alpha value is -2.03. The molecule has 1 aromatic carbocycles. The van der Waals surface area contributed by atoms with Gasteiger partial charge >= 0.3 is 0 Å². The Kier molecular flexibility index (Phi) is 2.93. The maximum Gasteiger partial charge on any atom is 0.268 e. The lowest BCUT2D eigenvalue weighted by atomic mass is 10.2. The van der Waals surface area contributed by atoms with E-state index in [2.05, 4.69) is 9.97 Å². The van der Waals surface area contributed by atoms with Gasteiger partial charge < -0.3 is 4.98 Å². The summed E-state index contributed by atoms with van der Waals surface area (Å²) in [4.78, 5) is 19.1. The molecule has 0 amide bonds. The second-order valence-electron chi connectivity index (χ2n) is 4.13. The predicted molar refractivity (Wildman–Crippen MR) is 77.0 cm³/mol. The zero-order chi connectivity index (χ0) is 14.3. The Morgan fingerprint density at radius 2 is 1.90 bits per heavy atom. The molecule has 0 fully saturated rings. The lowest BCUT2D eigenvalue weighted by molar-refractivity contribution is 0.598. The molecule has 0 aliphatic rings. The van der Waals surface area contributed by atoms with Crippen LogP contribution in [0.2, 0.25) is 0 Å². The number of fused-ring (bicyclic) bond motifs is 1. The highest BCUT2D eigenvalue weighted by atomic mass is 32.2. The van der Waals surface area contributed by atoms with E-state index in [9.17, 15) is 13.2 Å². The standard InChI is InChI=1S/C12H9N3O3S2/c13-20(17,18)8-3-1-7(2-4-8)10-5-9-11(19-10)12(16)15-6-14-9/h1-6H,(H2,13,17,18)(H,14,15,16). The summed E-state index contributed by atoms with van der Waals surface area (Å²) < 4.78 is 22.9. The van der Waals surface area contributed by atoms with Crippen molar-refractivity contribution in [1.82, 2.24) is 9.97 Å². The van der Waals surface area contributed by atoms with E-state index in [-0.39, 0.29) is 10.5 Å². The van der Waals surface area contributed by atoms with Gasteiger partial charge in [-0.1, -0.05) is 12.1 Å². The van der Waals surface area contributed by atoms with E-state index in [4.69, 9.17) is 5.14 Å². The van der Waals surface area contributed by atoms with E-state index in [0.717, 1.165) is 10.4 Å². The van der Waals surface area contributed by atoms with Crippen LogP contribution in [0.4, 0.5) is 0 Å². The Bertz CT molecular complexity index is 940. The van der Waals surface area contributed by atoms with Crippen molar-refractivity contribution in [2.24, 2.45) is 5.14 Å². The Morgan fingerprint density at radius 3 is 2.50 bits per heavy atom. The number of sulfonamides is 1. The molecule has 3 rings (SSSR count). The van der Waals surface area contributed by atoms with Crippen LogP contribution in [0.5, 0.6) is 0 Å². The van der Waals surface area contributed by atoms with E-state index in [1.165, 1.54) is 29.8 Å². The summed E-state index contributed by atoms with van der Waals surface area (Å²) in [5, 5.41) is 5.05. The van der Waals surface area contributed by atoms with Crippen molar-refractivity contribution in [2.75, 3.05) is 0 Å². The van der Waals surface area contributed by atoms with Gasteiger partial charge in [0.2, 0.25) is 10.0 Å². The maximum absolute atomic E-state index is 11.6. The molecule has 0 unspecified atom stereocenters. The summed E-state index contributed by atoms with van der Waals surface area (Å²) in [7, 11) is -3.70. The van der Waals surface area contributed by atoms with Gasteiger partial charge in [-0.15, -0.1) is 11.3 Å². The van der Waals surface area contributed by atoms with Crippen molar-refractivity contribution >= 4 is 31.6 Å². The number of primary sulfonamides is 1. The third-order valence-corrected chi connectivity index (χ3v) is 4.89. The molecule has 0 bridgehead atoms. The predicted octanol–water partition coefficient (Wildman–Crippen LogP) is 1.30. The van der Waals surface area contributed by atoms with Crippen LogP contribution in [-0.2, 0) is 10.0 Å². The first-order valence-corrected chi connectivity index (χ1v) is 7.92. The highest BCUT2D eigenvalue weighted by Gasteiger charge is 2.10. The fourth-order valence-electron chi connectivity index (χ4n) is 1.82. The molecule has 0 aliphatic carbocycles. The molecule has 20 heavy (non-hydrogen) atoms. The summed E-state index contributed by atoms with van der Waals surface area (Å²) in [5.41, 5.74) is 1.23. The number of rotatable bonds is 2. The number of nitrogens with two attached hydrogens (primary N) is 1. The first-order chi connectivity index (χ1) is 9.45. The number of hydrogen-bond donors (Lipinski definition) is 2. The molecule has 0 radical (unpaired) electrons. The highest BCUT2D eigenvalue weighted by Crippen LogP contribution is 2.30. The Labute approximate surface area is 118 Å². The summed E-state index contributed by atoms with van der Waals surface area (Å²) in [6.45, 7) is 0. The van der Waals surface area contributed by atoms with Crippen molar-refractivity contribution in [1.29, 1.82) is 0 Å². The lowest BCUT2D eigenvalue weighted by Crippen LogP contribution is -2.11. The van der Waals surface area contributed by atoms with Gasteiger partial charge in [-0.2, -0.15) is 0 Å². The van der Waals surface area contributed by atoms with Crippen LogP contribution in [0.3, 0.4) is 0 Å². The first-order valence-electron chi connectivity index (χ1n) is 5.55.